The number of para-hydroxylation sites is 1. The van der Waals surface area contributed by atoms with Crippen LogP contribution < -0.4 is 0 Å². The van der Waals surface area contributed by atoms with E-state index in [-0.39, 0.29) is 5.38 Å². The minimum absolute atomic E-state index is 0.126. The highest BCUT2D eigenvalue weighted by atomic mass is 35.5. The van der Waals surface area contributed by atoms with Crippen LogP contribution in [0.1, 0.15) is 31.7 Å². The molecule has 1 aromatic carbocycles. The maximum atomic E-state index is 6.27. The quantitative estimate of drug-likeness (QED) is 0.725. The second-order valence-corrected chi connectivity index (χ2v) is 6.22. The molecule has 2 rings (SSSR count). The Balaban J connectivity index is 2.45. The Labute approximate surface area is 105 Å². The van der Waals surface area contributed by atoms with Gasteiger partial charge in [0, 0.05) is 11.3 Å². The second-order valence-electron chi connectivity index (χ2n) is 4.47. The first-order valence-electron chi connectivity index (χ1n) is 5.59. The molecular formula is C13H16ClNS. The largest absolute Gasteiger partial charge is 0.241 e. The number of halogens is 1. The van der Waals surface area contributed by atoms with Gasteiger partial charge in [-0.25, -0.2) is 4.98 Å². The van der Waals surface area contributed by atoms with Crippen molar-refractivity contribution in [3.63, 3.8) is 0 Å². The number of hydrogen-bond acceptors (Lipinski definition) is 2. The van der Waals surface area contributed by atoms with Crippen molar-refractivity contribution in [3.8, 4) is 0 Å². The molecule has 0 bridgehead atoms. The Morgan fingerprint density at radius 3 is 2.44 bits per heavy atom. The van der Waals surface area contributed by atoms with E-state index in [1.807, 2.05) is 6.07 Å². The average Bonchev–Trinajstić information content (AvgIpc) is 2.58. The van der Waals surface area contributed by atoms with Gasteiger partial charge < -0.3 is 0 Å². The van der Waals surface area contributed by atoms with Gasteiger partial charge in [-0.1, -0.05) is 26.0 Å². The van der Waals surface area contributed by atoms with E-state index < -0.39 is 0 Å². The number of rotatable bonds is 3. The number of thiazole rings is 1. The van der Waals surface area contributed by atoms with Crippen molar-refractivity contribution >= 4 is 33.2 Å². The van der Waals surface area contributed by atoms with E-state index in [2.05, 4.69) is 44.0 Å². The summed E-state index contributed by atoms with van der Waals surface area (Å²) >= 11 is 8.03. The predicted octanol–water partition coefficient (Wildman–Crippen LogP) is 4.66. The zero-order valence-corrected chi connectivity index (χ0v) is 11.3. The molecule has 0 saturated heterocycles. The van der Waals surface area contributed by atoms with Crippen molar-refractivity contribution in [1.82, 2.24) is 4.98 Å². The van der Waals surface area contributed by atoms with E-state index in [0.717, 1.165) is 5.52 Å². The molecule has 1 nitrogen and oxygen atoms in total. The van der Waals surface area contributed by atoms with Crippen molar-refractivity contribution in [3.05, 3.63) is 29.3 Å². The van der Waals surface area contributed by atoms with Gasteiger partial charge >= 0.3 is 0 Å². The van der Waals surface area contributed by atoms with Gasteiger partial charge in [-0.2, -0.15) is 0 Å². The molecule has 0 spiro atoms. The molecule has 0 aliphatic carbocycles. The molecule has 0 aliphatic rings. The van der Waals surface area contributed by atoms with Crippen LogP contribution in [0.5, 0.6) is 0 Å². The molecule has 0 N–H and O–H groups in total. The van der Waals surface area contributed by atoms with Gasteiger partial charge in [-0.3, -0.25) is 0 Å². The summed E-state index contributed by atoms with van der Waals surface area (Å²) < 4.78 is 1.25. The minimum Gasteiger partial charge on any atom is -0.241 e. The van der Waals surface area contributed by atoms with E-state index >= 15 is 0 Å². The van der Waals surface area contributed by atoms with Crippen LogP contribution in [0, 0.1) is 5.92 Å². The molecule has 2 atom stereocenters. The summed E-state index contributed by atoms with van der Waals surface area (Å²) in [6.07, 6.45) is 0. The van der Waals surface area contributed by atoms with Gasteiger partial charge in [-0.05, 0) is 25.0 Å². The first-order valence-corrected chi connectivity index (χ1v) is 6.84. The summed E-state index contributed by atoms with van der Waals surface area (Å²) in [4.78, 5) is 4.69. The van der Waals surface area contributed by atoms with Gasteiger partial charge in [0.05, 0.1) is 15.2 Å². The molecule has 3 heteroatoms. The van der Waals surface area contributed by atoms with Crippen LogP contribution in [0.2, 0.25) is 0 Å². The number of hydrogen-bond donors (Lipinski definition) is 0. The topological polar surface area (TPSA) is 12.9 Å². The van der Waals surface area contributed by atoms with Crippen LogP contribution in [-0.2, 0) is 0 Å². The Morgan fingerprint density at radius 1 is 1.19 bits per heavy atom. The summed E-state index contributed by atoms with van der Waals surface area (Å²) in [7, 11) is 0. The molecule has 0 radical (unpaired) electrons. The number of nitrogens with zero attached hydrogens (tertiary/aromatic N) is 1. The maximum absolute atomic E-state index is 6.27. The molecule has 0 saturated carbocycles. The Morgan fingerprint density at radius 2 is 1.88 bits per heavy atom. The lowest BCUT2D eigenvalue weighted by molar-refractivity contribution is 0.489. The van der Waals surface area contributed by atoms with Crippen molar-refractivity contribution in [1.29, 1.82) is 0 Å². The van der Waals surface area contributed by atoms with E-state index in [4.69, 9.17) is 11.6 Å². The Hall–Kier alpha value is -0.600. The third kappa shape index (κ3) is 2.23. The van der Waals surface area contributed by atoms with Gasteiger partial charge in [0.1, 0.15) is 0 Å². The summed E-state index contributed by atoms with van der Waals surface area (Å²) in [6.45, 7) is 6.46. The van der Waals surface area contributed by atoms with Crippen LogP contribution in [-0.4, -0.2) is 10.4 Å². The van der Waals surface area contributed by atoms with E-state index in [9.17, 15) is 0 Å². The molecule has 1 aromatic heterocycles. The number of benzene rings is 1. The van der Waals surface area contributed by atoms with Crippen LogP contribution >= 0.6 is 22.9 Å². The van der Waals surface area contributed by atoms with Gasteiger partial charge in [0.25, 0.3) is 0 Å². The van der Waals surface area contributed by atoms with Crippen LogP contribution in [0.3, 0.4) is 0 Å². The Bertz CT molecular complexity index is 434. The van der Waals surface area contributed by atoms with E-state index in [1.54, 1.807) is 11.3 Å². The lowest BCUT2D eigenvalue weighted by Gasteiger charge is -2.20. The predicted molar refractivity (Wildman–Crippen MR) is 72.5 cm³/mol. The number of fused-ring (bicyclic) bond motifs is 1. The number of aromatic nitrogens is 1. The maximum Gasteiger partial charge on any atom is 0.0986 e. The van der Waals surface area contributed by atoms with Gasteiger partial charge in [0.15, 0.2) is 0 Å². The van der Waals surface area contributed by atoms with Crippen molar-refractivity contribution in [2.24, 2.45) is 5.92 Å². The summed E-state index contributed by atoms with van der Waals surface area (Å²) in [5.41, 5.74) is 1.09. The normalized spacial score (nSPS) is 15.6. The SMILES string of the molecule is CC(C)C(c1nc2ccccc2s1)C(C)Cl. The molecule has 16 heavy (non-hydrogen) atoms. The van der Waals surface area contributed by atoms with E-state index in [1.165, 1.54) is 9.71 Å². The fraction of sp³-hybridized carbons (Fsp3) is 0.462. The first-order chi connectivity index (χ1) is 7.59. The standard InChI is InChI=1S/C13H16ClNS/c1-8(2)12(9(3)14)13-15-10-6-4-5-7-11(10)16-13/h4-9,12H,1-3H3. The van der Waals surface area contributed by atoms with Crippen LogP contribution in [0.4, 0.5) is 0 Å². The molecule has 0 amide bonds. The lowest BCUT2D eigenvalue weighted by Crippen LogP contribution is -2.15. The first kappa shape index (κ1) is 11.9. The second kappa shape index (κ2) is 4.72. The fourth-order valence-corrected chi connectivity index (χ4v) is 3.88. The third-order valence-electron chi connectivity index (χ3n) is 2.81. The van der Waals surface area contributed by atoms with Gasteiger partial charge in [0.2, 0.25) is 0 Å². The van der Waals surface area contributed by atoms with Crippen molar-refractivity contribution in [2.45, 2.75) is 32.1 Å². The zero-order chi connectivity index (χ0) is 11.7. The van der Waals surface area contributed by atoms with E-state index in [0.29, 0.717) is 11.8 Å². The van der Waals surface area contributed by atoms with Crippen molar-refractivity contribution in [2.75, 3.05) is 0 Å². The summed E-state index contributed by atoms with van der Waals surface area (Å²) in [5, 5.41) is 1.29. The lowest BCUT2D eigenvalue weighted by atomic mass is 9.94. The highest BCUT2D eigenvalue weighted by molar-refractivity contribution is 7.18. The van der Waals surface area contributed by atoms with Crippen LogP contribution in [0.15, 0.2) is 24.3 Å². The minimum atomic E-state index is 0.126. The molecular weight excluding hydrogens is 238 g/mol. The zero-order valence-electron chi connectivity index (χ0n) is 9.77. The molecule has 86 valence electrons. The third-order valence-corrected chi connectivity index (χ3v) is 4.22. The molecule has 2 aromatic rings. The summed E-state index contributed by atoms with van der Waals surface area (Å²) in [5.74, 6) is 0.868. The smallest absolute Gasteiger partial charge is 0.0986 e. The van der Waals surface area contributed by atoms with Crippen molar-refractivity contribution < 1.29 is 0 Å². The fourth-order valence-electron chi connectivity index (χ4n) is 2.04. The molecule has 0 fully saturated rings. The van der Waals surface area contributed by atoms with Crippen LogP contribution in [0.25, 0.3) is 10.2 Å². The summed E-state index contributed by atoms with van der Waals surface area (Å²) in [6, 6.07) is 8.26. The molecule has 1 heterocycles. The average molecular weight is 254 g/mol. The monoisotopic (exact) mass is 253 g/mol. The molecule has 0 aliphatic heterocycles. The number of alkyl halides is 1. The molecule has 2 unspecified atom stereocenters. The Kier molecular flexibility index (Phi) is 3.50. The highest BCUT2D eigenvalue weighted by Gasteiger charge is 2.24. The highest BCUT2D eigenvalue weighted by Crippen LogP contribution is 2.35. The van der Waals surface area contributed by atoms with Gasteiger partial charge in [-0.15, -0.1) is 22.9 Å².